The zero-order valence-electron chi connectivity index (χ0n) is 16.7. The predicted molar refractivity (Wildman–Crippen MR) is 121 cm³/mol. The van der Waals surface area contributed by atoms with Crippen LogP contribution in [0.5, 0.6) is 5.75 Å². The second-order valence-electron chi connectivity index (χ2n) is 7.07. The zero-order chi connectivity index (χ0) is 21.0. The molecule has 0 saturated carbocycles. The van der Waals surface area contributed by atoms with Crippen molar-refractivity contribution in [1.82, 2.24) is 9.73 Å². The Kier molecular flexibility index (Phi) is 6.40. The molecular weight excluding hydrogens is 420 g/mol. The molecule has 2 aliphatic rings. The van der Waals surface area contributed by atoms with Gasteiger partial charge in [0.05, 0.1) is 23.4 Å². The summed E-state index contributed by atoms with van der Waals surface area (Å²) >= 11 is 1.55. The molecule has 0 radical (unpaired) electrons. The lowest BCUT2D eigenvalue weighted by Gasteiger charge is -2.26. The van der Waals surface area contributed by atoms with E-state index in [-0.39, 0.29) is 0 Å². The van der Waals surface area contributed by atoms with Crippen LogP contribution in [0.1, 0.15) is 24.8 Å². The Hall–Kier alpha value is -2.36. The molecule has 4 rings (SSSR count). The highest BCUT2D eigenvalue weighted by Gasteiger charge is 2.26. The van der Waals surface area contributed by atoms with E-state index in [2.05, 4.69) is 15.5 Å². The van der Waals surface area contributed by atoms with Gasteiger partial charge in [-0.25, -0.2) is 13.4 Å². The van der Waals surface area contributed by atoms with Gasteiger partial charge in [0.15, 0.2) is 5.17 Å². The van der Waals surface area contributed by atoms with Crippen molar-refractivity contribution in [2.24, 2.45) is 10.1 Å². The smallest absolute Gasteiger partial charge is 0.243 e. The van der Waals surface area contributed by atoms with Crippen LogP contribution in [-0.4, -0.2) is 49.6 Å². The minimum atomic E-state index is -3.42. The number of rotatable bonds is 5. The predicted octanol–water partition coefficient (Wildman–Crippen LogP) is 3.60. The van der Waals surface area contributed by atoms with E-state index in [4.69, 9.17) is 4.74 Å². The summed E-state index contributed by atoms with van der Waals surface area (Å²) in [7, 11) is -1.79. The van der Waals surface area contributed by atoms with Crippen molar-refractivity contribution < 1.29 is 13.2 Å². The highest BCUT2D eigenvalue weighted by atomic mass is 32.2. The monoisotopic (exact) mass is 444 g/mol. The largest absolute Gasteiger partial charge is 0.497 e. The maximum atomic E-state index is 12.8. The first kappa shape index (κ1) is 20.9. The van der Waals surface area contributed by atoms with Crippen LogP contribution in [0.25, 0.3) is 0 Å². The number of benzene rings is 2. The molecule has 1 N–H and O–H groups in total. The summed E-state index contributed by atoms with van der Waals surface area (Å²) in [6.07, 6.45) is 2.95. The van der Waals surface area contributed by atoms with Crippen molar-refractivity contribution in [3.05, 3.63) is 54.1 Å². The second kappa shape index (κ2) is 9.20. The molecule has 2 aromatic rings. The third kappa shape index (κ3) is 4.69. The summed E-state index contributed by atoms with van der Waals surface area (Å²) in [5, 5.41) is 5.13. The molecule has 158 valence electrons. The standard InChI is InChI=1S/C21H24N4O3S2/c1-28-18-7-5-6-17(14-18)22-21-24-23-20(15-29-21)16-8-10-19(11-9-16)30(26,27)25-12-3-2-4-13-25/h5-11,14H,2-4,12-13,15H2,1H3,(H,22,24). The van der Waals surface area contributed by atoms with E-state index in [9.17, 15) is 8.42 Å². The van der Waals surface area contributed by atoms with Crippen LogP contribution >= 0.6 is 11.8 Å². The normalized spacial score (nSPS) is 19.2. The first-order valence-electron chi connectivity index (χ1n) is 9.85. The van der Waals surface area contributed by atoms with E-state index < -0.39 is 10.0 Å². The third-order valence-electron chi connectivity index (χ3n) is 5.06. The maximum Gasteiger partial charge on any atom is 0.243 e. The molecule has 2 aromatic carbocycles. The van der Waals surface area contributed by atoms with E-state index in [1.807, 2.05) is 36.4 Å². The molecule has 0 atom stereocenters. The minimum absolute atomic E-state index is 0.338. The van der Waals surface area contributed by atoms with Gasteiger partial charge in [-0.3, -0.25) is 5.43 Å². The molecule has 2 aliphatic heterocycles. The number of amidine groups is 1. The Balaban J connectivity index is 1.45. The van der Waals surface area contributed by atoms with Gasteiger partial charge < -0.3 is 4.74 Å². The van der Waals surface area contributed by atoms with Crippen LogP contribution in [-0.2, 0) is 10.0 Å². The number of piperidine rings is 1. The zero-order valence-corrected chi connectivity index (χ0v) is 18.4. The quantitative estimate of drug-likeness (QED) is 0.762. The number of ether oxygens (including phenoxy) is 1. The summed E-state index contributed by atoms with van der Waals surface area (Å²) in [4.78, 5) is 4.89. The molecule has 1 fully saturated rings. The SMILES string of the molecule is COc1cccc(N=C2NN=C(c3ccc(S(=O)(=O)N4CCCCC4)cc3)CS2)c1. The van der Waals surface area contributed by atoms with Gasteiger partial charge in [-0.1, -0.05) is 36.4 Å². The van der Waals surface area contributed by atoms with Crippen molar-refractivity contribution >= 4 is 38.4 Å². The number of aliphatic imine (C=N–C) groups is 1. The van der Waals surface area contributed by atoms with Crippen LogP contribution in [0.3, 0.4) is 0 Å². The number of thioether (sulfide) groups is 1. The Morgan fingerprint density at radius 1 is 1.10 bits per heavy atom. The van der Waals surface area contributed by atoms with Gasteiger partial charge in [0.1, 0.15) is 5.75 Å². The molecule has 9 heteroatoms. The number of hydrogen-bond acceptors (Lipinski definition) is 6. The topological polar surface area (TPSA) is 83.4 Å². The highest BCUT2D eigenvalue weighted by molar-refractivity contribution is 8.14. The summed E-state index contributed by atoms with van der Waals surface area (Å²) < 4.78 is 32.4. The molecule has 1 saturated heterocycles. The Bertz CT molecular complexity index is 1060. The fourth-order valence-electron chi connectivity index (χ4n) is 3.39. The van der Waals surface area contributed by atoms with Crippen LogP contribution < -0.4 is 10.2 Å². The summed E-state index contributed by atoms with van der Waals surface area (Å²) in [5.74, 6) is 1.40. The van der Waals surface area contributed by atoms with Gasteiger partial charge in [0.25, 0.3) is 0 Å². The van der Waals surface area contributed by atoms with Gasteiger partial charge in [0.2, 0.25) is 10.0 Å². The highest BCUT2D eigenvalue weighted by Crippen LogP contribution is 2.24. The maximum absolute atomic E-state index is 12.8. The third-order valence-corrected chi connectivity index (χ3v) is 7.84. The lowest BCUT2D eigenvalue weighted by molar-refractivity contribution is 0.346. The van der Waals surface area contributed by atoms with Crippen molar-refractivity contribution in [3.8, 4) is 5.75 Å². The Morgan fingerprint density at radius 3 is 2.53 bits per heavy atom. The second-order valence-corrected chi connectivity index (χ2v) is 9.97. The van der Waals surface area contributed by atoms with Crippen molar-refractivity contribution in [2.75, 3.05) is 26.0 Å². The fourth-order valence-corrected chi connectivity index (χ4v) is 5.69. The van der Waals surface area contributed by atoms with Crippen molar-refractivity contribution in [3.63, 3.8) is 0 Å². The number of sulfonamides is 1. The molecular formula is C21H24N4O3S2. The molecule has 0 amide bonds. The minimum Gasteiger partial charge on any atom is -0.497 e. The summed E-state index contributed by atoms with van der Waals surface area (Å²) in [6.45, 7) is 1.21. The average Bonchev–Trinajstić information content (AvgIpc) is 2.80. The molecule has 0 aliphatic carbocycles. The number of hydrazone groups is 1. The molecule has 2 heterocycles. The van der Waals surface area contributed by atoms with E-state index in [0.717, 1.165) is 42.0 Å². The lowest BCUT2D eigenvalue weighted by Crippen LogP contribution is -2.35. The molecule has 0 unspecified atom stereocenters. The van der Waals surface area contributed by atoms with E-state index in [1.54, 1.807) is 35.3 Å². The Labute approximate surface area is 181 Å². The molecule has 30 heavy (non-hydrogen) atoms. The fraction of sp³-hybridized carbons (Fsp3) is 0.333. The van der Waals surface area contributed by atoms with Gasteiger partial charge in [-0.15, -0.1) is 0 Å². The number of nitrogens with one attached hydrogen (secondary N) is 1. The molecule has 0 spiro atoms. The van der Waals surface area contributed by atoms with Gasteiger partial charge in [-0.05, 0) is 42.7 Å². The number of nitrogens with zero attached hydrogens (tertiary/aromatic N) is 3. The number of methoxy groups -OCH3 is 1. The Morgan fingerprint density at radius 2 is 1.87 bits per heavy atom. The molecule has 0 aromatic heterocycles. The average molecular weight is 445 g/mol. The lowest BCUT2D eigenvalue weighted by atomic mass is 10.1. The molecule has 7 nitrogen and oxygen atoms in total. The van der Waals surface area contributed by atoms with E-state index >= 15 is 0 Å². The van der Waals surface area contributed by atoms with Crippen molar-refractivity contribution in [2.45, 2.75) is 24.2 Å². The first-order chi connectivity index (χ1) is 14.6. The van der Waals surface area contributed by atoms with Crippen LogP contribution in [0.2, 0.25) is 0 Å². The van der Waals surface area contributed by atoms with Gasteiger partial charge >= 0.3 is 0 Å². The van der Waals surface area contributed by atoms with Crippen LogP contribution in [0.15, 0.2) is 63.5 Å². The van der Waals surface area contributed by atoms with Gasteiger partial charge in [-0.2, -0.15) is 9.41 Å². The molecule has 0 bridgehead atoms. The van der Waals surface area contributed by atoms with Crippen LogP contribution in [0.4, 0.5) is 5.69 Å². The summed E-state index contributed by atoms with van der Waals surface area (Å²) in [5.41, 5.74) is 5.52. The van der Waals surface area contributed by atoms with Crippen LogP contribution in [0, 0.1) is 0 Å². The van der Waals surface area contributed by atoms with Crippen molar-refractivity contribution in [1.29, 1.82) is 0 Å². The summed E-state index contributed by atoms with van der Waals surface area (Å²) in [6, 6.07) is 14.5. The van der Waals surface area contributed by atoms with Gasteiger partial charge in [0, 0.05) is 24.9 Å². The first-order valence-corrected chi connectivity index (χ1v) is 12.3. The number of hydrogen-bond donors (Lipinski definition) is 1. The van der Waals surface area contributed by atoms with E-state index in [0.29, 0.717) is 28.9 Å². The van der Waals surface area contributed by atoms with E-state index in [1.165, 1.54) is 0 Å².